The van der Waals surface area contributed by atoms with Crippen LogP contribution in [0.2, 0.25) is 0 Å². The van der Waals surface area contributed by atoms with Crippen molar-refractivity contribution in [2.24, 2.45) is 0 Å². The molecule has 2 aromatic rings. The molecular formula is C17H25N3. The van der Waals surface area contributed by atoms with Crippen molar-refractivity contribution in [2.75, 3.05) is 20.1 Å². The Balaban J connectivity index is 1.83. The molecule has 1 aliphatic heterocycles. The van der Waals surface area contributed by atoms with Crippen molar-refractivity contribution in [1.29, 1.82) is 0 Å². The third kappa shape index (κ3) is 2.60. The molecule has 1 saturated heterocycles. The third-order valence-corrected chi connectivity index (χ3v) is 4.52. The van der Waals surface area contributed by atoms with E-state index in [-0.39, 0.29) is 0 Å². The molecule has 0 bridgehead atoms. The number of likely N-dealkylation sites (tertiary alicyclic amines) is 1. The number of aryl methyl sites for hydroxylation is 1. The first-order valence-corrected chi connectivity index (χ1v) is 7.78. The molecule has 108 valence electrons. The predicted molar refractivity (Wildman–Crippen MR) is 85.0 cm³/mol. The van der Waals surface area contributed by atoms with Gasteiger partial charge in [-0.25, -0.2) is 0 Å². The minimum Gasteiger partial charge on any atom is -0.347 e. The predicted octanol–water partition coefficient (Wildman–Crippen LogP) is 2.85. The fourth-order valence-electron chi connectivity index (χ4n) is 3.39. The standard InChI is InChI=1S/C17H25N3/c1-3-20-12-14(16-8-4-5-9-17(16)20)11-19-10-6-7-15(13-19)18-2/h4-5,8-9,12,15,18H,3,6-7,10-11,13H2,1-2H3. The van der Waals surface area contributed by atoms with Gasteiger partial charge in [-0.2, -0.15) is 0 Å². The van der Waals surface area contributed by atoms with Gasteiger partial charge in [-0.1, -0.05) is 18.2 Å². The van der Waals surface area contributed by atoms with Crippen LogP contribution in [0.15, 0.2) is 30.5 Å². The Hall–Kier alpha value is -1.32. The molecule has 20 heavy (non-hydrogen) atoms. The van der Waals surface area contributed by atoms with Gasteiger partial charge in [0, 0.05) is 42.8 Å². The second-order valence-electron chi connectivity index (χ2n) is 5.82. The summed E-state index contributed by atoms with van der Waals surface area (Å²) >= 11 is 0. The molecule has 1 aliphatic rings. The Morgan fingerprint density at radius 2 is 2.15 bits per heavy atom. The topological polar surface area (TPSA) is 20.2 Å². The van der Waals surface area contributed by atoms with E-state index in [2.05, 4.69) is 59.2 Å². The zero-order chi connectivity index (χ0) is 13.9. The summed E-state index contributed by atoms with van der Waals surface area (Å²) in [6.45, 7) is 6.73. The van der Waals surface area contributed by atoms with Crippen molar-refractivity contribution < 1.29 is 0 Å². The lowest BCUT2D eigenvalue weighted by Gasteiger charge is -2.32. The summed E-state index contributed by atoms with van der Waals surface area (Å²) in [4.78, 5) is 2.59. The fraction of sp³-hybridized carbons (Fsp3) is 0.529. The third-order valence-electron chi connectivity index (χ3n) is 4.52. The summed E-state index contributed by atoms with van der Waals surface area (Å²) < 4.78 is 2.37. The summed E-state index contributed by atoms with van der Waals surface area (Å²) in [5, 5.41) is 4.84. The number of piperidine rings is 1. The molecule has 1 atom stereocenters. The van der Waals surface area contributed by atoms with E-state index in [1.807, 2.05) is 0 Å². The van der Waals surface area contributed by atoms with Crippen molar-refractivity contribution >= 4 is 10.9 Å². The lowest BCUT2D eigenvalue weighted by molar-refractivity contribution is 0.188. The maximum atomic E-state index is 3.43. The number of nitrogens with one attached hydrogen (secondary N) is 1. The van der Waals surface area contributed by atoms with Gasteiger partial charge in [0.05, 0.1) is 0 Å². The van der Waals surface area contributed by atoms with Gasteiger partial charge in [0.25, 0.3) is 0 Å². The maximum absolute atomic E-state index is 3.43. The van der Waals surface area contributed by atoms with E-state index < -0.39 is 0 Å². The Morgan fingerprint density at radius 1 is 1.30 bits per heavy atom. The number of fused-ring (bicyclic) bond motifs is 1. The van der Waals surface area contributed by atoms with E-state index in [0.717, 1.165) is 13.1 Å². The SMILES string of the molecule is CCn1cc(CN2CCCC(NC)C2)c2ccccc21. The second-order valence-corrected chi connectivity index (χ2v) is 5.82. The van der Waals surface area contributed by atoms with Gasteiger partial charge in [-0.15, -0.1) is 0 Å². The highest BCUT2D eigenvalue weighted by Gasteiger charge is 2.19. The van der Waals surface area contributed by atoms with Gasteiger partial charge in [0.15, 0.2) is 0 Å². The van der Waals surface area contributed by atoms with E-state index in [1.165, 1.54) is 42.4 Å². The van der Waals surface area contributed by atoms with E-state index >= 15 is 0 Å². The van der Waals surface area contributed by atoms with Gasteiger partial charge in [0.1, 0.15) is 0 Å². The van der Waals surface area contributed by atoms with Crippen LogP contribution in [0.25, 0.3) is 10.9 Å². The number of rotatable bonds is 4. The zero-order valence-corrected chi connectivity index (χ0v) is 12.6. The van der Waals surface area contributed by atoms with Gasteiger partial charge < -0.3 is 9.88 Å². The highest BCUT2D eigenvalue weighted by atomic mass is 15.2. The number of hydrogen-bond acceptors (Lipinski definition) is 2. The van der Waals surface area contributed by atoms with E-state index in [1.54, 1.807) is 0 Å². The summed E-state index contributed by atoms with van der Waals surface area (Å²) in [7, 11) is 2.08. The van der Waals surface area contributed by atoms with Crippen molar-refractivity contribution in [1.82, 2.24) is 14.8 Å². The second kappa shape index (κ2) is 5.98. The summed E-state index contributed by atoms with van der Waals surface area (Å²) in [5.41, 5.74) is 2.84. The molecule has 3 heteroatoms. The first-order chi connectivity index (χ1) is 9.81. The van der Waals surface area contributed by atoms with E-state index in [0.29, 0.717) is 6.04 Å². The molecule has 1 aromatic heterocycles. The van der Waals surface area contributed by atoms with E-state index in [9.17, 15) is 0 Å². The monoisotopic (exact) mass is 271 g/mol. The largest absolute Gasteiger partial charge is 0.347 e. The Bertz CT molecular complexity index is 573. The lowest BCUT2D eigenvalue weighted by atomic mass is 10.0. The number of nitrogens with zero attached hydrogens (tertiary/aromatic N) is 2. The van der Waals surface area contributed by atoms with Gasteiger partial charge >= 0.3 is 0 Å². The summed E-state index contributed by atoms with van der Waals surface area (Å²) in [6, 6.07) is 9.43. The number of aromatic nitrogens is 1. The number of likely N-dealkylation sites (N-methyl/N-ethyl adjacent to an activating group) is 1. The van der Waals surface area contributed by atoms with Crippen LogP contribution in [0, 0.1) is 0 Å². The van der Waals surface area contributed by atoms with Crippen molar-refractivity contribution in [3.8, 4) is 0 Å². The molecule has 0 spiro atoms. The minimum absolute atomic E-state index is 0.656. The van der Waals surface area contributed by atoms with Crippen LogP contribution in [0.5, 0.6) is 0 Å². The Kier molecular flexibility index (Phi) is 4.08. The highest BCUT2D eigenvalue weighted by Crippen LogP contribution is 2.24. The maximum Gasteiger partial charge on any atom is 0.0483 e. The Morgan fingerprint density at radius 3 is 2.95 bits per heavy atom. The van der Waals surface area contributed by atoms with Crippen molar-refractivity contribution in [3.63, 3.8) is 0 Å². The van der Waals surface area contributed by atoms with Gasteiger partial charge in [-0.3, -0.25) is 4.90 Å². The van der Waals surface area contributed by atoms with Gasteiger partial charge in [0.2, 0.25) is 0 Å². The summed E-state index contributed by atoms with van der Waals surface area (Å²) in [6.07, 6.45) is 4.95. The van der Waals surface area contributed by atoms with Crippen LogP contribution in [0.1, 0.15) is 25.3 Å². The molecular weight excluding hydrogens is 246 g/mol. The molecule has 0 amide bonds. The zero-order valence-electron chi connectivity index (χ0n) is 12.6. The smallest absolute Gasteiger partial charge is 0.0483 e. The van der Waals surface area contributed by atoms with Crippen LogP contribution in [-0.2, 0) is 13.1 Å². The average Bonchev–Trinajstić information content (AvgIpc) is 2.86. The summed E-state index contributed by atoms with van der Waals surface area (Å²) in [5.74, 6) is 0. The first kappa shape index (κ1) is 13.7. The quantitative estimate of drug-likeness (QED) is 0.923. The number of para-hydroxylation sites is 1. The number of benzene rings is 1. The van der Waals surface area contributed by atoms with E-state index in [4.69, 9.17) is 0 Å². The average molecular weight is 271 g/mol. The Labute approximate surface area is 121 Å². The first-order valence-electron chi connectivity index (χ1n) is 7.78. The normalized spacial score (nSPS) is 20.6. The molecule has 0 radical (unpaired) electrons. The fourth-order valence-corrected chi connectivity index (χ4v) is 3.39. The van der Waals surface area contributed by atoms with Crippen LogP contribution >= 0.6 is 0 Å². The molecule has 1 aromatic carbocycles. The van der Waals surface area contributed by atoms with Gasteiger partial charge in [-0.05, 0) is 45.0 Å². The van der Waals surface area contributed by atoms with Crippen LogP contribution < -0.4 is 5.32 Å². The molecule has 3 rings (SSSR count). The molecule has 0 saturated carbocycles. The number of hydrogen-bond donors (Lipinski definition) is 1. The highest BCUT2D eigenvalue weighted by molar-refractivity contribution is 5.83. The molecule has 1 unspecified atom stereocenters. The molecule has 2 heterocycles. The minimum atomic E-state index is 0.656. The molecule has 1 fully saturated rings. The van der Waals surface area contributed by atoms with Crippen LogP contribution in [0.4, 0.5) is 0 Å². The molecule has 0 aliphatic carbocycles. The van der Waals surface area contributed by atoms with Crippen molar-refractivity contribution in [2.45, 2.75) is 38.9 Å². The molecule has 3 nitrogen and oxygen atoms in total. The van der Waals surface area contributed by atoms with Crippen LogP contribution in [-0.4, -0.2) is 35.6 Å². The molecule has 1 N–H and O–H groups in total. The lowest BCUT2D eigenvalue weighted by Crippen LogP contribution is -2.43. The van der Waals surface area contributed by atoms with Crippen LogP contribution in [0.3, 0.4) is 0 Å². The van der Waals surface area contributed by atoms with Crippen molar-refractivity contribution in [3.05, 3.63) is 36.0 Å².